The second kappa shape index (κ2) is 5.56. The number of benzene rings is 1. The smallest absolute Gasteiger partial charge is 0.151 e. The molecule has 0 bridgehead atoms. The van der Waals surface area contributed by atoms with E-state index in [4.69, 9.17) is 5.73 Å². The Morgan fingerprint density at radius 3 is 2.79 bits per heavy atom. The lowest BCUT2D eigenvalue weighted by Crippen LogP contribution is -2.32. The minimum absolute atomic E-state index is 0.0522. The molecule has 0 amide bonds. The van der Waals surface area contributed by atoms with E-state index < -0.39 is 9.84 Å². The van der Waals surface area contributed by atoms with Crippen molar-refractivity contribution in [2.24, 2.45) is 5.73 Å². The maximum atomic E-state index is 13.3. The van der Waals surface area contributed by atoms with Crippen LogP contribution in [0.4, 0.5) is 4.39 Å². The Hall–Kier alpha value is -0.980. The molecule has 6 heteroatoms. The zero-order chi connectivity index (χ0) is 14.0. The van der Waals surface area contributed by atoms with Gasteiger partial charge in [-0.25, -0.2) is 12.8 Å². The lowest BCUT2D eigenvalue weighted by atomic mass is 10.1. The van der Waals surface area contributed by atoms with Gasteiger partial charge < -0.3 is 5.73 Å². The second-order valence-corrected chi connectivity index (χ2v) is 7.33. The van der Waals surface area contributed by atoms with Crippen LogP contribution in [0.15, 0.2) is 18.2 Å². The van der Waals surface area contributed by atoms with Gasteiger partial charge in [0.05, 0.1) is 11.5 Å². The van der Waals surface area contributed by atoms with Crippen LogP contribution in [-0.2, 0) is 22.9 Å². The molecule has 106 valence electrons. The number of halogens is 1. The Bertz CT molecular complexity index is 560. The third-order valence-electron chi connectivity index (χ3n) is 3.59. The second-order valence-electron chi connectivity index (χ2n) is 5.10. The highest BCUT2D eigenvalue weighted by Gasteiger charge is 2.30. The quantitative estimate of drug-likeness (QED) is 0.893. The third-order valence-corrected chi connectivity index (χ3v) is 5.34. The molecule has 1 saturated heterocycles. The molecule has 1 aromatic carbocycles. The summed E-state index contributed by atoms with van der Waals surface area (Å²) in [6, 6.07) is 4.93. The van der Waals surface area contributed by atoms with Gasteiger partial charge in [-0.3, -0.25) is 4.90 Å². The van der Waals surface area contributed by atoms with Gasteiger partial charge in [0.25, 0.3) is 0 Å². The Labute approximate surface area is 113 Å². The predicted octanol–water partition coefficient (Wildman–Crippen LogP) is 0.903. The van der Waals surface area contributed by atoms with Crippen molar-refractivity contribution in [1.82, 2.24) is 4.90 Å². The topological polar surface area (TPSA) is 63.4 Å². The molecule has 19 heavy (non-hydrogen) atoms. The van der Waals surface area contributed by atoms with Gasteiger partial charge in [-0.2, -0.15) is 0 Å². The molecule has 1 aliphatic rings. The molecule has 1 aliphatic heterocycles. The third kappa shape index (κ3) is 3.52. The fraction of sp³-hybridized carbons (Fsp3) is 0.538. The number of sulfone groups is 1. The van der Waals surface area contributed by atoms with E-state index in [1.807, 2.05) is 11.9 Å². The molecular formula is C13H19FN2O2S. The van der Waals surface area contributed by atoms with Crippen molar-refractivity contribution >= 4 is 9.84 Å². The summed E-state index contributed by atoms with van der Waals surface area (Å²) in [7, 11) is -0.974. The maximum absolute atomic E-state index is 13.3. The van der Waals surface area contributed by atoms with E-state index in [1.54, 1.807) is 12.1 Å². The van der Waals surface area contributed by atoms with Gasteiger partial charge in [0.2, 0.25) is 0 Å². The summed E-state index contributed by atoms with van der Waals surface area (Å²) < 4.78 is 36.2. The fourth-order valence-corrected chi connectivity index (χ4v) is 4.23. The summed E-state index contributed by atoms with van der Waals surface area (Å²) in [6.45, 7) is 0.772. The SMILES string of the molecule is CN(Cc1ccc(F)c(CN)c1)C1CCS(=O)(=O)C1. The molecule has 2 rings (SSSR count). The number of hydrogen-bond donors (Lipinski definition) is 1. The summed E-state index contributed by atoms with van der Waals surface area (Å²) in [4.78, 5) is 2.01. The lowest BCUT2D eigenvalue weighted by molar-refractivity contribution is 0.254. The van der Waals surface area contributed by atoms with E-state index in [0.717, 1.165) is 5.56 Å². The van der Waals surface area contributed by atoms with Gasteiger partial charge in [-0.05, 0) is 25.1 Å². The molecule has 1 fully saturated rings. The van der Waals surface area contributed by atoms with Crippen molar-refractivity contribution in [2.45, 2.75) is 25.6 Å². The van der Waals surface area contributed by atoms with E-state index in [-0.39, 0.29) is 29.9 Å². The lowest BCUT2D eigenvalue weighted by Gasteiger charge is -2.23. The molecule has 0 aromatic heterocycles. The van der Waals surface area contributed by atoms with Crippen LogP contribution in [0.3, 0.4) is 0 Å². The summed E-state index contributed by atoms with van der Waals surface area (Å²) in [5.74, 6) is 0.186. The molecule has 1 aromatic rings. The van der Waals surface area contributed by atoms with E-state index in [9.17, 15) is 12.8 Å². The van der Waals surface area contributed by atoms with Crippen LogP contribution in [0.2, 0.25) is 0 Å². The molecular weight excluding hydrogens is 267 g/mol. The van der Waals surface area contributed by atoms with Crippen LogP contribution in [0.1, 0.15) is 17.5 Å². The number of nitrogens with zero attached hydrogens (tertiary/aromatic N) is 1. The van der Waals surface area contributed by atoms with Crippen LogP contribution < -0.4 is 5.73 Å². The molecule has 1 heterocycles. The van der Waals surface area contributed by atoms with Gasteiger partial charge in [0, 0.05) is 24.7 Å². The summed E-state index contributed by atoms with van der Waals surface area (Å²) >= 11 is 0. The van der Waals surface area contributed by atoms with E-state index in [0.29, 0.717) is 18.5 Å². The summed E-state index contributed by atoms with van der Waals surface area (Å²) in [5, 5.41) is 0. The Balaban J connectivity index is 2.05. The first-order valence-electron chi connectivity index (χ1n) is 6.29. The van der Waals surface area contributed by atoms with Crippen molar-refractivity contribution in [3.63, 3.8) is 0 Å². The molecule has 2 N–H and O–H groups in total. The van der Waals surface area contributed by atoms with Crippen molar-refractivity contribution in [2.75, 3.05) is 18.6 Å². The normalized spacial score (nSPS) is 22.0. The van der Waals surface area contributed by atoms with E-state index in [1.165, 1.54) is 6.07 Å². The Kier molecular flexibility index (Phi) is 4.23. The van der Waals surface area contributed by atoms with Crippen LogP contribution in [0, 0.1) is 5.82 Å². The first kappa shape index (κ1) is 14.4. The largest absolute Gasteiger partial charge is 0.326 e. The molecule has 1 atom stereocenters. The van der Waals surface area contributed by atoms with Crippen molar-refractivity contribution in [1.29, 1.82) is 0 Å². The average Bonchev–Trinajstić information content (AvgIpc) is 2.72. The average molecular weight is 286 g/mol. The minimum atomic E-state index is -2.87. The molecule has 0 saturated carbocycles. The monoisotopic (exact) mass is 286 g/mol. The molecule has 0 radical (unpaired) electrons. The zero-order valence-corrected chi connectivity index (χ0v) is 11.8. The highest BCUT2D eigenvalue weighted by atomic mass is 32.2. The van der Waals surface area contributed by atoms with Gasteiger partial charge in [-0.1, -0.05) is 12.1 Å². The van der Waals surface area contributed by atoms with Crippen LogP contribution in [-0.4, -0.2) is 37.9 Å². The van der Waals surface area contributed by atoms with Crippen molar-refractivity contribution < 1.29 is 12.8 Å². The van der Waals surface area contributed by atoms with Gasteiger partial charge in [0.1, 0.15) is 5.82 Å². The zero-order valence-electron chi connectivity index (χ0n) is 11.0. The molecule has 1 unspecified atom stereocenters. The predicted molar refractivity (Wildman–Crippen MR) is 72.8 cm³/mol. The van der Waals surface area contributed by atoms with Gasteiger partial charge in [-0.15, -0.1) is 0 Å². The summed E-state index contributed by atoms with van der Waals surface area (Å²) in [5.41, 5.74) is 6.92. The maximum Gasteiger partial charge on any atom is 0.151 e. The molecule has 4 nitrogen and oxygen atoms in total. The van der Waals surface area contributed by atoms with E-state index in [2.05, 4.69) is 0 Å². The van der Waals surface area contributed by atoms with E-state index >= 15 is 0 Å². The van der Waals surface area contributed by atoms with Gasteiger partial charge >= 0.3 is 0 Å². The Morgan fingerprint density at radius 2 is 2.21 bits per heavy atom. The molecule has 0 aliphatic carbocycles. The number of rotatable bonds is 4. The van der Waals surface area contributed by atoms with Crippen LogP contribution in [0.25, 0.3) is 0 Å². The first-order chi connectivity index (χ1) is 8.91. The number of hydrogen-bond acceptors (Lipinski definition) is 4. The fourth-order valence-electron chi connectivity index (χ4n) is 2.42. The highest BCUT2D eigenvalue weighted by Crippen LogP contribution is 2.19. The Morgan fingerprint density at radius 1 is 1.47 bits per heavy atom. The van der Waals surface area contributed by atoms with Crippen molar-refractivity contribution in [3.05, 3.63) is 35.1 Å². The minimum Gasteiger partial charge on any atom is -0.326 e. The van der Waals surface area contributed by atoms with Gasteiger partial charge in [0.15, 0.2) is 9.84 Å². The highest BCUT2D eigenvalue weighted by molar-refractivity contribution is 7.91. The standard InChI is InChI=1S/C13H19FN2O2S/c1-16(12-4-5-19(17,18)9-12)8-10-2-3-13(14)11(6-10)7-15/h2-3,6,12H,4-5,7-9,15H2,1H3. The molecule has 0 spiro atoms. The van der Waals surface area contributed by atoms with Crippen molar-refractivity contribution in [3.8, 4) is 0 Å². The van der Waals surface area contributed by atoms with Crippen LogP contribution >= 0.6 is 0 Å². The van der Waals surface area contributed by atoms with Crippen LogP contribution in [0.5, 0.6) is 0 Å². The first-order valence-corrected chi connectivity index (χ1v) is 8.11. The summed E-state index contributed by atoms with van der Waals surface area (Å²) in [6.07, 6.45) is 0.670. The number of nitrogens with two attached hydrogens (primary N) is 1.